The first-order chi connectivity index (χ1) is 9.49. The molecule has 1 atom stereocenters. The molecule has 1 saturated heterocycles. The summed E-state index contributed by atoms with van der Waals surface area (Å²) in [6.45, 7) is 12.9. The average molecular weight is 274 g/mol. The summed E-state index contributed by atoms with van der Waals surface area (Å²) in [5.41, 5.74) is 1.74. The number of nitrogens with one attached hydrogen (secondary N) is 1. The molecule has 0 bridgehead atoms. The molecule has 1 aliphatic heterocycles. The summed E-state index contributed by atoms with van der Waals surface area (Å²) in [7, 11) is 0. The van der Waals surface area contributed by atoms with Gasteiger partial charge in [-0.3, -0.25) is 4.90 Å². The van der Waals surface area contributed by atoms with Crippen molar-refractivity contribution >= 4 is 0 Å². The zero-order chi connectivity index (χ0) is 14.6. The zero-order valence-electron chi connectivity index (χ0n) is 13.5. The summed E-state index contributed by atoms with van der Waals surface area (Å²) in [5, 5.41) is 3.65. The maximum absolute atomic E-state index is 3.65. The third-order valence-corrected chi connectivity index (χ3v) is 4.73. The molecule has 1 aromatic carbocycles. The smallest absolute Gasteiger partial charge is 0.0218 e. The fraction of sp³-hybridized carbons (Fsp3) is 0.667. The number of aryl methyl sites for hydroxylation is 1. The van der Waals surface area contributed by atoms with Crippen molar-refractivity contribution < 1.29 is 0 Å². The molecule has 0 amide bonds. The first-order valence-electron chi connectivity index (χ1n) is 8.01. The van der Waals surface area contributed by atoms with Crippen molar-refractivity contribution in [3.63, 3.8) is 0 Å². The Bertz CT molecular complexity index is 397. The maximum atomic E-state index is 3.65. The number of piperazine rings is 1. The quantitative estimate of drug-likeness (QED) is 0.886. The van der Waals surface area contributed by atoms with E-state index in [4.69, 9.17) is 0 Å². The minimum Gasteiger partial charge on any atom is -0.311 e. The van der Waals surface area contributed by atoms with Crippen LogP contribution in [0.15, 0.2) is 30.3 Å². The number of hydrogen-bond donors (Lipinski definition) is 1. The van der Waals surface area contributed by atoms with Gasteiger partial charge in [-0.25, -0.2) is 0 Å². The van der Waals surface area contributed by atoms with E-state index in [1.54, 1.807) is 0 Å². The fourth-order valence-corrected chi connectivity index (χ4v) is 3.03. The molecule has 0 aromatic heterocycles. The normalized spacial score (nSPS) is 21.4. The molecule has 112 valence electrons. The van der Waals surface area contributed by atoms with Crippen LogP contribution in [0.5, 0.6) is 0 Å². The lowest BCUT2D eigenvalue weighted by Gasteiger charge is -2.45. The molecular weight excluding hydrogens is 244 g/mol. The lowest BCUT2D eigenvalue weighted by atomic mass is 9.90. The van der Waals surface area contributed by atoms with Crippen molar-refractivity contribution in [3.05, 3.63) is 35.9 Å². The van der Waals surface area contributed by atoms with Crippen molar-refractivity contribution in [1.29, 1.82) is 0 Å². The van der Waals surface area contributed by atoms with Crippen LogP contribution in [0.25, 0.3) is 0 Å². The minimum atomic E-state index is 0.283. The molecule has 1 aliphatic rings. The Balaban J connectivity index is 1.92. The van der Waals surface area contributed by atoms with Crippen LogP contribution in [-0.2, 0) is 6.42 Å². The van der Waals surface area contributed by atoms with Gasteiger partial charge in [-0.05, 0) is 38.2 Å². The second-order valence-corrected chi connectivity index (χ2v) is 7.05. The lowest BCUT2D eigenvalue weighted by Crippen LogP contribution is -2.59. The summed E-state index contributed by atoms with van der Waals surface area (Å²) < 4.78 is 0. The summed E-state index contributed by atoms with van der Waals surface area (Å²) in [5.74, 6) is 0.711. The summed E-state index contributed by atoms with van der Waals surface area (Å²) in [6, 6.07) is 11.5. The molecule has 1 fully saturated rings. The molecular formula is C18H30N2. The van der Waals surface area contributed by atoms with Gasteiger partial charge in [-0.2, -0.15) is 0 Å². The maximum Gasteiger partial charge on any atom is 0.0218 e. The Hall–Kier alpha value is -0.860. The standard InChI is InChI=1S/C18H30N2/c1-15(2)17-14-20(13-12-19-17)18(3,4)11-10-16-8-6-5-7-9-16/h5-9,15,17,19H,10-14H2,1-4H3. The predicted octanol–water partition coefficient (Wildman–Crippen LogP) is 3.33. The largest absolute Gasteiger partial charge is 0.311 e. The second-order valence-electron chi connectivity index (χ2n) is 7.05. The van der Waals surface area contributed by atoms with E-state index in [-0.39, 0.29) is 5.54 Å². The summed E-state index contributed by atoms with van der Waals surface area (Å²) in [6.07, 6.45) is 2.39. The molecule has 2 rings (SSSR count). The van der Waals surface area contributed by atoms with Crippen molar-refractivity contribution in [2.24, 2.45) is 5.92 Å². The van der Waals surface area contributed by atoms with Crippen molar-refractivity contribution in [3.8, 4) is 0 Å². The summed E-state index contributed by atoms with van der Waals surface area (Å²) in [4.78, 5) is 2.68. The van der Waals surface area contributed by atoms with Gasteiger partial charge in [-0.15, -0.1) is 0 Å². The van der Waals surface area contributed by atoms with Crippen LogP contribution in [0.2, 0.25) is 0 Å². The number of nitrogens with zero attached hydrogens (tertiary/aromatic N) is 1. The molecule has 1 N–H and O–H groups in total. The molecule has 1 unspecified atom stereocenters. The Kier molecular flexibility index (Phi) is 5.22. The van der Waals surface area contributed by atoms with E-state index in [1.165, 1.54) is 31.5 Å². The first-order valence-corrected chi connectivity index (χ1v) is 8.01. The predicted molar refractivity (Wildman–Crippen MR) is 87.0 cm³/mol. The van der Waals surface area contributed by atoms with Gasteiger partial charge >= 0.3 is 0 Å². The van der Waals surface area contributed by atoms with Crippen LogP contribution in [0, 0.1) is 5.92 Å². The number of benzene rings is 1. The first kappa shape index (κ1) is 15.5. The lowest BCUT2D eigenvalue weighted by molar-refractivity contribution is 0.0656. The van der Waals surface area contributed by atoms with Crippen LogP contribution in [-0.4, -0.2) is 36.1 Å². The topological polar surface area (TPSA) is 15.3 Å². The Labute approximate surface area is 124 Å². The Morgan fingerprint density at radius 2 is 1.95 bits per heavy atom. The molecule has 1 heterocycles. The SMILES string of the molecule is CC(C)C1CN(C(C)(C)CCc2ccccc2)CCN1. The van der Waals surface area contributed by atoms with Crippen LogP contribution in [0.3, 0.4) is 0 Å². The molecule has 0 spiro atoms. The van der Waals surface area contributed by atoms with Crippen LogP contribution < -0.4 is 5.32 Å². The van der Waals surface area contributed by atoms with E-state index in [9.17, 15) is 0 Å². The van der Waals surface area contributed by atoms with E-state index < -0.39 is 0 Å². The molecule has 2 nitrogen and oxygen atoms in total. The molecule has 2 heteroatoms. The van der Waals surface area contributed by atoms with Gasteiger partial charge < -0.3 is 5.32 Å². The van der Waals surface area contributed by atoms with Crippen molar-refractivity contribution in [1.82, 2.24) is 10.2 Å². The van der Waals surface area contributed by atoms with E-state index in [0.717, 1.165) is 6.54 Å². The monoisotopic (exact) mass is 274 g/mol. The minimum absolute atomic E-state index is 0.283. The zero-order valence-corrected chi connectivity index (χ0v) is 13.5. The van der Waals surface area contributed by atoms with Gasteiger partial charge in [0.05, 0.1) is 0 Å². The van der Waals surface area contributed by atoms with Gasteiger partial charge in [0.15, 0.2) is 0 Å². The van der Waals surface area contributed by atoms with Gasteiger partial charge in [-0.1, -0.05) is 44.2 Å². The Morgan fingerprint density at radius 3 is 2.60 bits per heavy atom. The fourth-order valence-electron chi connectivity index (χ4n) is 3.03. The van der Waals surface area contributed by atoms with Crippen LogP contribution >= 0.6 is 0 Å². The highest BCUT2D eigenvalue weighted by Gasteiger charge is 2.31. The van der Waals surface area contributed by atoms with Crippen LogP contribution in [0.1, 0.15) is 39.7 Å². The Morgan fingerprint density at radius 1 is 1.25 bits per heavy atom. The molecule has 0 aliphatic carbocycles. The summed E-state index contributed by atoms with van der Waals surface area (Å²) >= 11 is 0. The van der Waals surface area contributed by atoms with Crippen molar-refractivity contribution in [2.75, 3.05) is 19.6 Å². The third kappa shape index (κ3) is 4.07. The molecule has 1 aromatic rings. The van der Waals surface area contributed by atoms with Crippen LogP contribution in [0.4, 0.5) is 0 Å². The third-order valence-electron chi connectivity index (χ3n) is 4.73. The van der Waals surface area contributed by atoms with Gasteiger partial charge in [0.2, 0.25) is 0 Å². The van der Waals surface area contributed by atoms with Crippen molar-refractivity contribution in [2.45, 2.75) is 52.1 Å². The van der Waals surface area contributed by atoms with E-state index in [1.807, 2.05) is 0 Å². The second kappa shape index (κ2) is 6.73. The van der Waals surface area contributed by atoms with E-state index >= 15 is 0 Å². The van der Waals surface area contributed by atoms with Gasteiger partial charge in [0.1, 0.15) is 0 Å². The highest BCUT2D eigenvalue weighted by Crippen LogP contribution is 2.24. The van der Waals surface area contributed by atoms with Gasteiger partial charge in [0.25, 0.3) is 0 Å². The molecule has 0 saturated carbocycles. The highest BCUT2D eigenvalue weighted by atomic mass is 15.2. The molecule has 0 radical (unpaired) electrons. The number of rotatable bonds is 5. The highest BCUT2D eigenvalue weighted by molar-refractivity contribution is 5.15. The number of hydrogen-bond acceptors (Lipinski definition) is 2. The van der Waals surface area contributed by atoms with Gasteiger partial charge in [0, 0.05) is 31.2 Å². The van der Waals surface area contributed by atoms with E-state index in [0.29, 0.717) is 12.0 Å². The average Bonchev–Trinajstić information content (AvgIpc) is 2.46. The van der Waals surface area contributed by atoms with E-state index in [2.05, 4.69) is 68.2 Å². The molecule has 20 heavy (non-hydrogen) atoms.